The lowest BCUT2D eigenvalue weighted by Gasteiger charge is -2.25. The average molecular weight is 455 g/mol. The highest BCUT2D eigenvalue weighted by Crippen LogP contribution is 2.42. The van der Waals surface area contributed by atoms with Crippen LogP contribution in [0.1, 0.15) is 16.5 Å². The molecule has 1 fully saturated rings. The van der Waals surface area contributed by atoms with Crippen molar-refractivity contribution in [3.63, 3.8) is 0 Å². The van der Waals surface area contributed by atoms with E-state index < -0.39 is 10.0 Å². The molecule has 1 aliphatic heterocycles. The van der Waals surface area contributed by atoms with E-state index >= 15 is 0 Å². The summed E-state index contributed by atoms with van der Waals surface area (Å²) >= 11 is 1.52. The molecule has 6 nitrogen and oxygen atoms in total. The van der Waals surface area contributed by atoms with E-state index in [9.17, 15) is 13.2 Å². The molecule has 160 valence electrons. The molecule has 3 aromatic carbocycles. The minimum absolute atomic E-state index is 0.0322. The number of ether oxygens (including phenoxy) is 1. The third kappa shape index (κ3) is 4.55. The number of rotatable bonds is 6. The lowest BCUT2D eigenvalue weighted by Crippen LogP contribution is -2.27. The Kier molecular flexibility index (Phi) is 5.93. The van der Waals surface area contributed by atoms with Gasteiger partial charge in [0.05, 0.1) is 17.8 Å². The molecule has 0 saturated carbocycles. The summed E-state index contributed by atoms with van der Waals surface area (Å²) in [6.07, 6.45) is 0. The van der Waals surface area contributed by atoms with E-state index in [0.717, 1.165) is 16.8 Å². The fourth-order valence-corrected chi connectivity index (χ4v) is 5.67. The van der Waals surface area contributed by atoms with Crippen LogP contribution in [0.5, 0.6) is 5.75 Å². The first-order valence-corrected chi connectivity index (χ1v) is 12.2. The fourth-order valence-electron chi connectivity index (χ4n) is 3.45. The standard InChI is InChI=1S/C23H22N2O4S2/c1-16-5-3-8-19(13-16)25-22(26)15-30-23(25)17-6-4-7-18(14-17)24-31(27,28)21-11-9-20(29-2)10-12-21/h3-14,23-24H,15H2,1-2H3/t23-/m1/s1. The van der Waals surface area contributed by atoms with Gasteiger partial charge in [-0.1, -0.05) is 24.3 Å². The number of carbonyl (C=O) groups excluding carboxylic acids is 1. The first kappa shape index (κ1) is 21.3. The SMILES string of the molecule is COc1ccc(S(=O)(=O)Nc2cccc([C@H]3SCC(=O)N3c3cccc(C)c3)c2)cc1. The third-order valence-corrected chi connectivity index (χ3v) is 7.55. The zero-order valence-electron chi connectivity index (χ0n) is 17.1. The Hall–Kier alpha value is -2.97. The Balaban J connectivity index is 1.61. The highest BCUT2D eigenvalue weighted by molar-refractivity contribution is 8.00. The number of hydrogen-bond donors (Lipinski definition) is 1. The molecule has 0 radical (unpaired) electrons. The molecule has 1 saturated heterocycles. The van der Waals surface area contributed by atoms with Crippen molar-refractivity contribution in [2.24, 2.45) is 0 Å². The number of aryl methyl sites for hydroxylation is 1. The first-order chi connectivity index (χ1) is 14.9. The maximum absolute atomic E-state index is 12.8. The van der Waals surface area contributed by atoms with Crippen molar-refractivity contribution in [2.75, 3.05) is 22.5 Å². The van der Waals surface area contributed by atoms with E-state index in [0.29, 0.717) is 17.2 Å². The normalized spacial score (nSPS) is 16.4. The maximum atomic E-state index is 12.8. The molecule has 3 aromatic rings. The van der Waals surface area contributed by atoms with Crippen LogP contribution in [0.15, 0.2) is 77.7 Å². The molecule has 0 spiro atoms. The van der Waals surface area contributed by atoms with Gasteiger partial charge in [-0.05, 0) is 66.6 Å². The predicted molar refractivity (Wildman–Crippen MR) is 124 cm³/mol. The van der Waals surface area contributed by atoms with E-state index in [1.807, 2.05) is 37.3 Å². The number of methoxy groups -OCH3 is 1. The smallest absolute Gasteiger partial charge is 0.261 e. The minimum Gasteiger partial charge on any atom is -0.497 e. The van der Waals surface area contributed by atoms with Crippen LogP contribution in [0.2, 0.25) is 0 Å². The summed E-state index contributed by atoms with van der Waals surface area (Å²) in [5, 5.41) is -0.222. The quantitative estimate of drug-likeness (QED) is 0.590. The van der Waals surface area contributed by atoms with Crippen molar-refractivity contribution < 1.29 is 17.9 Å². The van der Waals surface area contributed by atoms with Gasteiger partial charge in [-0.15, -0.1) is 11.8 Å². The average Bonchev–Trinajstić information content (AvgIpc) is 3.15. The molecule has 0 aliphatic carbocycles. The number of thioether (sulfide) groups is 1. The van der Waals surface area contributed by atoms with Gasteiger partial charge in [-0.2, -0.15) is 0 Å². The van der Waals surface area contributed by atoms with E-state index in [1.54, 1.807) is 35.2 Å². The van der Waals surface area contributed by atoms with Crippen molar-refractivity contribution in [1.29, 1.82) is 0 Å². The molecule has 1 atom stereocenters. The molecule has 0 aromatic heterocycles. The molecule has 1 aliphatic rings. The van der Waals surface area contributed by atoms with Gasteiger partial charge in [0.15, 0.2) is 0 Å². The topological polar surface area (TPSA) is 75.7 Å². The van der Waals surface area contributed by atoms with Crippen LogP contribution in [0, 0.1) is 6.92 Å². The van der Waals surface area contributed by atoms with E-state index in [4.69, 9.17) is 4.74 Å². The number of nitrogens with one attached hydrogen (secondary N) is 1. The molecule has 8 heteroatoms. The van der Waals surface area contributed by atoms with Crippen molar-refractivity contribution in [3.8, 4) is 5.75 Å². The summed E-state index contributed by atoms with van der Waals surface area (Å²) in [6.45, 7) is 1.99. The van der Waals surface area contributed by atoms with Gasteiger partial charge in [0.25, 0.3) is 10.0 Å². The third-order valence-electron chi connectivity index (χ3n) is 4.94. The largest absolute Gasteiger partial charge is 0.497 e. The molecule has 31 heavy (non-hydrogen) atoms. The zero-order valence-corrected chi connectivity index (χ0v) is 18.7. The lowest BCUT2D eigenvalue weighted by atomic mass is 10.1. The Labute approximate surface area is 186 Å². The summed E-state index contributed by atoms with van der Waals surface area (Å²) in [6, 6.07) is 21.2. The van der Waals surface area contributed by atoms with E-state index in [1.165, 1.54) is 31.0 Å². The monoisotopic (exact) mass is 454 g/mol. The van der Waals surface area contributed by atoms with Crippen LogP contribution in [-0.2, 0) is 14.8 Å². The van der Waals surface area contributed by atoms with Gasteiger partial charge >= 0.3 is 0 Å². The van der Waals surface area contributed by atoms with Gasteiger partial charge in [-0.25, -0.2) is 8.42 Å². The number of amides is 1. The molecule has 1 N–H and O–H groups in total. The van der Waals surface area contributed by atoms with Gasteiger partial charge in [-0.3, -0.25) is 14.4 Å². The van der Waals surface area contributed by atoms with Crippen LogP contribution in [0.3, 0.4) is 0 Å². The van der Waals surface area contributed by atoms with Crippen LogP contribution in [0.4, 0.5) is 11.4 Å². The zero-order chi connectivity index (χ0) is 22.0. The number of carbonyl (C=O) groups is 1. The van der Waals surface area contributed by atoms with Crippen LogP contribution >= 0.6 is 11.8 Å². The Morgan fingerprint density at radius 2 is 1.77 bits per heavy atom. The second-order valence-corrected chi connectivity index (χ2v) is 9.92. The van der Waals surface area contributed by atoms with Gasteiger partial charge in [0.2, 0.25) is 5.91 Å². The molecule has 1 amide bonds. The van der Waals surface area contributed by atoms with Gasteiger partial charge in [0, 0.05) is 11.4 Å². The number of hydrogen-bond acceptors (Lipinski definition) is 5. The number of anilines is 2. The summed E-state index contributed by atoms with van der Waals surface area (Å²) in [4.78, 5) is 14.5. The van der Waals surface area contributed by atoms with Crippen molar-refractivity contribution in [3.05, 3.63) is 83.9 Å². The van der Waals surface area contributed by atoms with Gasteiger partial charge in [0.1, 0.15) is 11.1 Å². The van der Waals surface area contributed by atoms with Crippen molar-refractivity contribution in [2.45, 2.75) is 17.2 Å². The molecule has 0 unspecified atom stereocenters. The second-order valence-electron chi connectivity index (χ2n) is 7.17. The van der Waals surface area contributed by atoms with Crippen molar-refractivity contribution >= 4 is 39.1 Å². The summed E-state index contributed by atoms with van der Waals surface area (Å²) in [7, 11) is -2.23. The van der Waals surface area contributed by atoms with Gasteiger partial charge < -0.3 is 4.74 Å². The molecule has 1 heterocycles. The molecular formula is C23H22N2O4S2. The summed E-state index contributed by atoms with van der Waals surface area (Å²) in [5.74, 6) is 0.991. The number of benzene rings is 3. The second kappa shape index (κ2) is 8.64. The number of sulfonamides is 1. The van der Waals surface area contributed by atoms with Crippen molar-refractivity contribution in [1.82, 2.24) is 0 Å². The maximum Gasteiger partial charge on any atom is 0.261 e. The first-order valence-electron chi connectivity index (χ1n) is 9.64. The Morgan fingerprint density at radius 3 is 2.48 bits per heavy atom. The Bertz CT molecular complexity index is 1210. The molecule has 4 rings (SSSR count). The molecule has 0 bridgehead atoms. The van der Waals surface area contributed by atoms with Crippen LogP contribution < -0.4 is 14.4 Å². The van der Waals surface area contributed by atoms with E-state index in [-0.39, 0.29) is 16.2 Å². The van der Waals surface area contributed by atoms with Crippen LogP contribution in [0.25, 0.3) is 0 Å². The lowest BCUT2D eigenvalue weighted by molar-refractivity contribution is -0.115. The summed E-state index contributed by atoms with van der Waals surface area (Å²) < 4.78 is 33.3. The van der Waals surface area contributed by atoms with E-state index in [2.05, 4.69) is 4.72 Å². The highest BCUT2D eigenvalue weighted by Gasteiger charge is 2.34. The summed E-state index contributed by atoms with van der Waals surface area (Å²) in [5.41, 5.74) is 3.20. The predicted octanol–water partition coefficient (Wildman–Crippen LogP) is 4.58. The minimum atomic E-state index is -3.75. The number of nitrogens with zero attached hydrogens (tertiary/aromatic N) is 1. The Morgan fingerprint density at radius 1 is 1.03 bits per heavy atom. The highest BCUT2D eigenvalue weighted by atomic mass is 32.2. The van der Waals surface area contributed by atoms with Crippen LogP contribution in [-0.4, -0.2) is 27.2 Å². The fraction of sp³-hybridized carbons (Fsp3) is 0.174. The molecular weight excluding hydrogens is 432 g/mol.